The number of carbonyl (C=O) groups excluding carboxylic acids is 2. The van der Waals surface area contributed by atoms with Crippen molar-refractivity contribution in [2.45, 2.75) is 208 Å². The van der Waals surface area contributed by atoms with Gasteiger partial charge in [0.15, 0.2) is 0 Å². The van der Waals surface area contributed by atoms with Gasteiger partial charge in [-0.1, -0.05) is 187 Å². The van der Waals surface area contributed by atoms with Crippen LogP contribution >= 0.6 is 0 Å². The molecule has 0 fully saturated rings. The summed E-state index contributed by atoms with van der Waals surface area (Å²) in [6.07, 6.45) is 39.2. The first-order chi connectivity index (χ1) is 23.1. The van der Waals surface area contributed by atoms with E-state index in [1.54, 1.807) is 13.8 Å². The first-order valence-corrected chi connectivity index (χ1v) is 19.8. The van der Waals surface area contributed by atoms with Crippen LogP contribution in [0.5, 0.6) is 0 Å². The number of allylic oxidation sites excluding steroid dienone is 1. The van der Waals surface area contributed by atoms with E-state index in [1.165, 1.54) is 161 Å². The number of aliphatic carboxylic acids is 1. The standard InChI is InChI=1S/C20H39NO.C18H34O2.C4H6O2/c1-4-5-6-7-8-9-10-11-12-13-14-15-16-17-18-21-20(22)19(2)3;1-3-4-5-6-7-8-9-10-11-12-13-14-15-16-17(2)18(19)20;1-3-6-4(2)5/h2,4-18H2,1,3H3,(H,21,22);16H,3-15H2,1-2H3,(H,19,20);3H,1H2,2H3. The monoisotopic (exact) mass is 678 g/mol. The molecule has 48 heavy (non-hydrogen) atoms. The van der Waals surface area contributed by atoms with Crippen LogP contribution in [-0.4, -0.2) is 29.5 Å². The molecule has 282 valence electrons. The molecule has 0 rings (SSSR count). The highest BCUT2D eigenvalue weighted by Crippen LogP contribution is 2.14. The zero-order valence-electron chi connectivity index (χ0n) is 32.4. The van der Waals surface area contributed by atoms with Crippen molar-refractivity contribution in [3.05, 3.63) is 36.6 Å². The van der Waals surface area contributed by atoms with Gasteiger partial charge in [0.1, 0.15) is 0 Å². The molecule has 0 saturated heterocycles. The fraction of sp³-hybridized carbons (Fsp3) is 0.786. The molecule has 6 heteroatoms. The minimum Gasteiger partial charge on any atom is -0.478 e. The summed E-state index contributed by atoms with van der Waals surface area (Å²) in [5.41, 5.74) is 1.08. The molecule has 0 aromatic heterocycles. The van der Waals surface area contributed by atoms with Gasteiger partial charge in [0, 0.05) is 24.6 Å². The summed E-state index contributed by atoms with van der Waals surface area (Å²) < 4.78 is 4.17. The average molecular weight is 678 g/mol. The molecule has 0 aromatic carbocycles. The number of esters is 1. The number of nitrogens with one attached hydrogen (secondary N) is 1. The van der Waals surface area contributed by atoms with Crippen molar-refractivity contribution < 1.29 is 24.2 Å². The molecule has 0 radical (unpaired) electrons. The lowest BCUT2D eigenvalue weighted by Gasteiger charge is -2.05. The second kappa shape index (κ2) is 42.7. The predicted molar refractivity (Wildman–Crippen MR) is 207 cm³/mol. The Hall–Kier alpha value is -2.37. The van der Waals surface area contributed by atoms with Gasteiger partial charge in [0.2, 0.25) is 5.91 Å². The Morgan fingerprint density at radius 1 is 0.583 bits per heavy atom. The van der Waals surface area contributed by atoms with Crippen molar-refractivity contribution in [3.8, 4) is 0 Å². The van der Waals surface area contributed by atoms with E-state index in [1.807, 2.05) is 6.08 Å². The normalized spacial score (nSPS) is 10.6. The Labute approximate surface area is 298 Å². The van der Waals surface area contributed by atoms with Gasteiger partial charge in [-0.2, -0.15) is 0 Å². The molecule has 0 aliphatic carbocycles. The van der Waals surface area contributed by atoms with Gasteiger partial charge in [0.25, 0.3) is 0 Å². The number of carboxylic acids is 1. The van der Waals surface area contributed by atoms with Gasteiger partial charge < -0.3 is 15.2 Å². The number of ether oxygens (including phenoxy) is 1. The van der Waals surface area contributed by atoms with Crippen LogP contribution in [0.2, 0.25) is 0 Å². The maximum Gasteiger partial charge on any atom is 0.330 e. The molecule has 0 heterocycles. The third-order valence-electron chi connectivity index (χ3n) is 8.30. The fourth-order valence-electron chi connectivity index (χ4n) is 5.18. The molecular weight excluding hydrogens is 598 g/mol. The van der Waals surface area contributed by atoms with Crippen LogP contribution in [0.3, 0.4) is 0 Å². The Morgan fingerprint density at radius 3 is 1.19 bits per heavy atom. The fourth-order valence-corrected chi connectivity index (χ4v) is 5.18. The highest BCUT2D eigenvalue weighted by atomic mass is 16.5. The van der Waals surface area contributed by atoms with E-state index < -0.39 is 5.97 Å². The van der Waals surface area contributed by atoms with Crippen LogP contribution in [0.15, 0.2) is 36.6 Å². The Kier molecular flexibility index (Phi) is 44.4. The molecule has 0 atom stereocenters. The maximum absolute atomic E-state index is 11.3. The van der Waals surface area contributed by atoms with Gasteiger partial charge in [-0.05, 0) is 33.1 Å². The number of carbonyl (C=O) groups is 3. The maximum atomic E-state index is 11.3. The van der Waals surface area contributed by atoms with E-state index in [9.17, 15) is 14.4 Å². The quantitative estimate of drug-likeness (QED) is 0.0330. The SMILES string of the molecule is C=C(C)C(=O)NCCCCCCCCCCCCCCCC.C=COC(C)=O.CCCCCCCCCCCCCCC=C(C)C(=O)O. The molecular formula is C42H79NO5. The van der Waals surface area contributed by atoms with E-state index in [4.69, 9.17) is 5.11 Å². The second-order valence-electron chi connectivity index (χ2n) is 13.3. The van der Waals surface area contributed by atoms with Crippen LogP contribution in [0.25, 0.3) is 0 Å². The van der Waals surface area contributed by atoms with Gasteiger partial charge in [-0.25, -0.2) is 4.79 Å². The molecule has 2 N–H and O–H groups in total. The number of hydrogen-bond acceptors (Lipinski definition) is 4. The third kappa shape index (κ3) is 48.0. The van der Waals surface area contributed by atoms with Crippen molar-refractivity contribution in [2.75, 3.05) is 6.54 Å². The Morgan fingerprint density at radius 2 is 0.917 bits per heavy atom. The van der Waals surface area contributed by atoms with E-state index in [0.29, 0.717) is 11.1 Å². The zero-order valence-corrected chi connectivity index (χ0v) is 32.4. The summed E-state index contributed by atoms with van der Waals surface area (Å²) in [4.78, 5) is 31.6. The largest absolute Gasteiger partial charge is 0.478 e. The predicted octanol–water partition coefficient (Wildman–Crippen LogP) is 13.0. The van der Waals surface area contributed by atoms with Crippen molar-refractivity contribution in [2.24, 2.45) is 0 Å². The topological polar surface area (TPSA) is 92.7 Å². The van der Waals surface area contributed by atoms with Crippen molar-refractivity contribution >= 4 is 17.8 Å². The average Bonchev–Trinajstić information content (AvgIpc) is 3.05. The van der Waals surface area contributed by atoms with Crippen molar-refractivity contribution in [3.63, 3.8) is 0 Å². The number of unbranched alkanes of at least 4 members (excludes halogenated alkanes) is 25. The lowest BCUT2D eigenvalue weighted by Crippen LogP contribution is -2.24. The molecule has 1 amide bonds. The summed E-state index contributed by atoms with van der Waals surface area (Å²) in [6.45, 7) is 16.9. The molecule has 0 saturated carbocycles. The molecule has 0 unspecified atom stereocenters. The summed E-state index contributed by atoms with van der Waals surface area (Å²) in [5, 5.41) is 11.6. The third-order valence-corrected chi connectivity index (χ3v) is 8.30. The van der Waals surface area contributed by atoms with E-state index in [2.05, 4.69) is 37.1 Å². The smallest absolute Gasteiger partial charge is 0.330 e. The zero-order chi connectivity index (χ0) is 36.5. The number of amides is 1. The van der Waals surface area contributed by atoms with Crippen molar-refractivity contribution in [1.29, 1.82) is 0 Å². The Balaban J connectivity index is -0.000000722. The van der Waals surface area contributed by atoms with E-state index >= 15 is 0 Å². The Bertz CT molecular complexity index is 789. The molecule has 0 aliphatic rings. The van der Waals surface area contributed by atoms with Crippen LogP contribution in [-0.2, 0) is 19.1 Å². The molecule has 0 spiro atoms. The van der Waals surface area contributed by atoms with Gasteiger partial charge in [-0.3, -0.25) is 9.59 Å². The van der Waals surface area contributed by atoms with Crippen LogP contribution in [0.1, 0.15) is 208 Å². The minimum atomic E-state index is -0.788. The lowest BCUT2D eigenvalue weighted by molar-refractivity contribution is -0.135. The summed E-state index contributed by atoms with van der Waals surface area (Å²) in [6, 6.07) is 0. The molecule has 0 aliphatic heterocycles. The number of rotatable bonds is 31. The molecule has 0 bridgehead atoms. The van der Waals surface area contributed by atoms with Crippen LogP contribution in [0.4, 0.5) is 0 Å². The van der Waals surface area contributed by atoms with Crippen LogP contribution < -0.4 is 5.32 Å². The van der Waals surface area contributed by atoms with E-state index in [-0.39, 0.29) is 11.9 Å². The highest BCUT2D eigenvalue weighted by molar-refractivity contribution is 5.92. The van der Waals surface area contributed by atoms with Gasteiger partial charge >= 0.3 is 11.9 Å². The summed E-state index contributed by atoms with van der Waals surface area (Å²) >= 11 is 0. The van der Waals surface area contributed by atoms with Gasteiger partial charge in [0.05, 0.1) is 6.26 Å². The van der Waals surface area contributed by atoms with Gasteiger partial charge in [-0.15, -0.1) is 0 Å². The summed E-state index contributed by atoms with van der Waals surface area (Å²) in [7, 11) is 0. The second-order valence-corrected chi connectivity index (χ2v) is 13.3. The molecule has 0 aromatic rings. The molecule has 6 nitrogen and oxygen atoms in total. The first-order valence-electron chi connectivity index (χ1n) is 19.8. The van der Waals surface area contributed by atoms with E-state index in [0.717, 1.165) is 32.1 Å². The lowest BCUT2D eigenvalue weighted by atomic mass is 10.0. The summed E-state index contributed by atoms with van der Waals surface area (Å²) in [5.74, 6) is -1.12. The van der Waals surface area contributed by atoms with Crippen molar-refractivity contribution in [1.82, 2.24) is 5.32 Å². The number of hydrogen-bond donors (Lipinski definition) is 2. The minimum absolute atomic E-state index is 0.00491. The van der Waals surface area contributed by atoms with Crippen LogP contribution in [0, 0.1) is 0 Å². The number of carboxylic acid groups (broad SMARTS) is 1. The highest BCUT2D eigenvalue weighted by Gasteiger charge is 2.00. The first kappa shape index (κ1) is 50.0.